The van der Waals surface area contributed by atoms with Crippen molar-refractivity contribution in [2.75, 3.05) is 5.75 Å². The quantitative estimate of drug-likeness (QED) is 0.528. The van der Waals surface area contributed by atoms with Crippen LogP contribution in [0.15, 0.2) is 36.0 Å². The van der Waals surface area contributed by atoms with Crippen LogP contribution in [0, 0.1) is 0 Å². The van der Waals surface area contributed by atoms with Gasteiger partial charge in [0.05, 0.1) is 5.25 Å². The Morgan fingerprint density at radius 1 is 1.42 bits per heavy atom. The normalized spacial score (nSPS) is 27.8. The summed E-state index contributed by atoms with van der Waals surface area (Å²) in [5, 5.41) is 0.307. The highest BCUT2D eigenvalue weighted by molar-refractivity contribution is 8.00. The van der Waals surface area contributed by atoms with E-state index < -0.39 is 0 Å². The number of ketones is 1. The highest BCUT2D eigenvalue weighted by atomic mass is 32.2. The first-order valence-electron chi connectivity index (χ1n) is 4.07. The number of carbonyl (C=O) groups excluding carboxylic acids is 1. The molecule has 0 saturated carbocycles. The molecular weight excluding hydrogens is 168 g/mol. The molecule has 1 unspecified atom stereocenters. The lowest BCUT2D eigenvalue weighted by Crippen LogP contribution is -2.12. The second-order valence-electron chi connectivity index (χ2n) is 2.84. The van der Waals surface area contributed by atoms with E-state index in [1.54, 1.807) is 6.08 Å². The van der Waals surface area contributed by atoms with E-state index in [4.69, 9.17) is 0 Å². The molecule has 12 heavy (non-hydrogen) atoms. The van der Waals surface area contributed by atoms with E-state index in [1.807, 2.05) is 23.9 Å². The Hall–Kier alpha value is -0.760. The summed E-state index contributed by atoms with van der Waals surface area (Å²) in [5.41, 5.74) is 0.969. The Kier molecular flexibility index (Phi) is 2.17. The molecule has 0 bridgehead atoms. The summed E-state index contributed by atoms with van der Waals surface area (Å²) in [5.74, 6) is 1.13. The number of hydrogen-bond donors (Lipinski definition) is 0. The summed E-state index contributed by atoms with van der Waals surface area (Å²) >= 11 is 1.81. The second-order valence-corrected chi connectivity index (χ2v) is 4.02. The lowest BCUT2D eigenvalue weighted by atomic mass is 10.0. The van der Waals surface area contributed by atoms with Crippen molar-refractivity contribution in [2.24, 2.45) is 0 Å². The van der Waals surface area contributed by atoms with Gasteiger partial charge in [-0.2, -0.15) is 0 Å². The predicted octanol–water partition coefficient (Wildman–Crippen LogP) is 2.11. The zero-order valence-corrected chi connectivity index (χ0v) is 7.51. The number of thioether (sulfide) groups is 1. The molecule has 2 heteroatoms. The van der Waals surface area contributed by atoms with E-state index in [0.717, 1.165) is 17.7 Å². The third-order valence-corrected chi connectivity index (χ3v) is 3.17. The van der Waals surface area contributed by atoms with Gasteiger partial charge in [-0.25, -0.2) is 0 Å². The van der Waals surface area contributed by atoms with Gasteiger partial charge < -0.3 is 0 Å². The molecule has 0 spiro atoms. The molecule has 0 N–H and O–H groups in total. The fraction of sp³-hybridized carbons (Fsp3) is 0.300. The van der Waals surface area contributed by atoms with Gasteiger partial charge in [-0.15, -0.1) is 11.8 Å². The molecule has 1 heterocycles. The Morgan fingerprint density at radius 3 is 3.25 bits per heavy atom. The molecule has 0 saturated heterocycles. The van der Waals surface area contributed by atoms with Crippen LogP contribution in [0.3, 0.4) is 0 Å². The minimum atomic E-state index is 0.189. The molecule has 0 aromatic carbocycles. The van der Waals surface area contributed by atoms with E-state index in [0.29, 0.717) is 5.25 Å². The molecule has 0 aromatic heterocycles. The van der Waals surface area contributed by atoms with Crippen LogP contribution in [0.2, 0.25) is 0 Å². The molecule has 0 aromatic rings. The average Bonchev–Trinajstić information content (AvgIpc) is 2.29. The standard InChI is InChI=1S/C10H10OS/c11-9-5-3-7-12-10-6-2-1-4-8(9)10/h2-6,10H,1,7H2. The zero-order valence-electron chi connectivity index (χ0n) is 6.69. The Bertz CT molecular complexity index is 286. The lowest BCUT2D eigenvalue weighted by molar-refractivity contribution is -0.111. The van der Waals surface area contributed by atoms with Gasteiger partial charge in [0.25, 0.3) is 0 Å². The number of rotatable bonds is 0. The molecule has 1 aliphatic carbocycles. The van der Waals surface area contributed by atoms with Crippen LogP contribution in [-0.2, 0) is 4.79 Å². The zero-order chi connectivity index (χ0) is 8.39. The van der Waals surface area contributed by atoms with Gasteiger partial charge in [-0.1, -0.05) is 24.3 Å². The van der Waals surface area contributed by atoms with Crippen molar-refractivity contribution < 1.29 is 4.79 Å². The van der Waals surface area contributed by atoms with Crippen molar-refractivity contribution in [2.45, 2.75) is 11.7 Å². The summed E-state index contributed by atoms with van der Waals surface area (Å²) in [6.45, 7) is 0. The third kappa shape index (κ3) is 1.39. The topological polar surface area (TPSA) is 17.1 Å². The van der Waals surface area contributed by atoms with Gasteiger partial charge in [-0.05, 0) is 12.5 Å². The summed E-state index contributed by atoms with van der Waals surface area (Å²) in [7, 11) is 0. The average molecular weight is 178 g/mol. The van der Waals surface area contributed by atoms with Crippen LogP contribution < -0.4 is 0 Å². The second kappa shape index (κ2) is 3.31. The Morgan fingerprint density at radius 2 is 2.33 bits per heavy atom. The van der Waals surface area contributed by atoms with Crippen molar-refractivity contribution in [1.29, 1.82) is 0 Å². The van der Waals surface area contributed by atoms with Crippen LogP contribution in [0.25, 0.3) is 0 Å². The van der Waals surface area contributed by atoms with Gasteiger partial charge in [0.1, 0.15) is 0 Å². The highest BCUT2D eigenvalue weighted by Crippen LogP contribution is 2.27. The molecular formula is C10H10OS. The van der Waals surface area contributed by atoms with E-state index >= 15 is 0 Å². The molecule has 0 radical (unpaired) electrons. The van der Waals surface area contributed by atoms with Crippen LogP contribution in [0.5, 0.6) is 0 Å². The Labute approximate surface area is 76.2 Å². The Balaban J connectivity index is 2.30. The molecule has 1 aliphatic heterocycles. The SMILES string of the molecule is O=C1C=CCSC2C=CCC=C12. The smallest absolute Gasteiger partial charge is 0.182 e. The van der Waals surface area contributed by atoms with E-state index in [-0.39, 0.29) is 5.78 Å². The van der Waals surface area contributed by atoms with Crippen LogP contribution in [-0.4, -0.2) is 16.8 Å². The molecule has 0 amide bonds. The van der Waals surface area contributed by atoms with Gasteiger partial charge in [-0.3, -0.25) is 4.79 Å². The monoisotopic (exact) mass is 178 g/mol. The molecule has 62 valence electrons. The van der Waals surface area contributed by atoms with Crippen molar-refractivity contribution in [1.82, 2.24) is 0 Å². The first-order valence-corrected chi connectivity index (χ1v) is 5.12. The van der Waals surface area contributed by atoms with E-state index in [2.05, 4.69) is 12.2 Å². The van der Waals surface area contributed by atoms with Crippen LogP contribution in [0.1, 0.15) is 6.42 Å². The molecule has 2 aliphatic rings. The maximum Gasteiger partial charge on any atom is 0.182 e. The maximum atomic E-state index is 11.4. The fourth-order valence-corrected chi connectivity index (χ4v) is 2.44. The number of fused-ring (bicyclic) bond motifs is 1. The molecule has 1 atom stereocenters. The molecule has 1 nitrogen and oxygen atoms in total. The lowest BCUT2D eigenvalue weighted by Gasteiger charge is -2.14. The number of carbonyl (C=O) groups is 1. The van der Waals surface area contributed by atoms with Crippen molar-refractivity contribution in [3.8, 4) is 0 Å². The first kappa shape index (κ1) is 7.87. The van der Waals surface area contributed by atoms with E-state index in [9.17, 15) is 4.79 Å². The predicted molar refractivity (Wildman–Crippen MR) is 52.2 cm³/mol. The third-order valence-electron chi connectivity index (χ3n) is 2.02. The van der Waals surface area contributed by atoms with Crippen molar-refractivity contribution in [3.63, 3.8) is 0 Å². The van der Waals surface area contributed by atoms with Crippen LogP contribution >= 0.6 is 11.8 Å². The molecule has 2 rings (SSSR count). The summed E-state index contributed by atoms with van der Waals surface area (Å²) in [6.07, 6.45) is 10.8. The van der Waals surface area contributed by atoms with Gasteiger partial charge >= 0.3 is 0 Å². The highest BCUT2D eigenvalue weighted by Gasteiger charge is 2.20. The van der Waals surface area contributed by atoms with Gasteiger partial charge in [0, 0.05) is 11.3 Å². The first-order chi connectivity index (χ1) is 5.88. The summed E-state index contributed by atoms with van der Waals surface area (Å²) < 4.78 is 0. The summed E-state index contributed by atoms with van der Waals surface area (Å²) in [4.78, 5) is 11.4. The number of allylic oxidation sites excluding steroid dienone is 3. The van der Waals surface area contributed by atoms with Crippen molar-refractivity contribution in [3.05, 3.63) is 36.0 Å². The maximum absolute atomic E-state index is 11.4. The minimum absolute atomic E-state index is 0.189. The van der Waals surface area contributed by atoms with Crippen LogP contribution in [0.4, 0.5) is 0 Å². The largest absolute Gasteiger partial charge is 0.290 e. The number of hydrogen-bond acceptors (Lipinski definition) is 2. The molecule has 0 fully saturated rings. The van der Waals surface area contributed by atoms with E-state index in [1.165, 1.54) is 0 Å². The minimum Gasteiger partial charge on any atom is -0.290 e. The van der Waals surface area contributed by atoms with Gasteiger partial charge in [0.2, 0.25) is 0 Å². The van der Waals surface area contributed by atoms with Gasteiger partial charge in [0.15, 0.2) is 5.78 Å². The fourth-order valence-electron chi connectivity index (χ4n) is 1.41. The van der Waals surface area contributed by atoms with Crippen molar-refractivity contribution >= 4 is 17.5 Å². The summed E-state index contributed by atoms with van der Waals surface area (Å²) in [6, 6.07) is 0.